The number of aryl methyl sites for hydroxylation is 2. The Morgan fingerprint density at radius 1 is 1.02 bits per heavy atom. The van der Waals surface area contributed by atoms with Crippen LogP contribution in [0.25, 0.3) is 0 Å². The SMILES string of the molecule is Cc1ccc(SCc2ccc(CN(C)C[C@H]3Oc4c(NC(=O)Cc5ccc(C(F)(F)F)cc5)cccc4C(=O)N([C@@H](C)CO)C[C@H]3C)cc2)c(C)c1. The lowest BCUT2D eigenvalue weighted by molar-refractivity contribution is -0.137. The number of para-hydroxylation sites is 1. The van der Waals surface area contributed by atoms with Gasteiger partial charge in [0.2, 0.25) is 5.91 Å². The number of nitrogens with zero attached hydrogens (tertiary/aromatic N) is 2. The van der Waals surface area contributed by atoms with E-state index in [-0.39, 0.29) is 41.9 Å². The highest BCUT2D eigenvalue weighted by molar-refractivity contribution is 7.98. The molecule has 0 fully saturated rings. The normalized spacial score (nSPS) is 16.9. The number of fused-ring (bicyclic) bond motifs is 1. The van der Waals surface area contributed by atoms with Crippen molar-refractivity contribution in [2.24, 2.45) is 5.92 Å². The van der Waals surface area contributed by atoms with Crippen molar-refractivity contribution in [3.8, 4) is 5.75 Å². The molecule has 5 rings (SSSR count). The van der Waals surface area contributed by atoms with Crippen LogP contribution in [0, 0.1) is 19.8 Å². The molecule has 7 nitrogen and oxygen atoms in total. The van der Waals surface area contributed by atoms with Crippen LogP contribution in [0.5, 0.6) is 5.75 Å². The summed E-state index contributed by atoms with van der Waals surface area (Å²) in [6.07, 6.45) is -5.04. The first-order chi connectivity index (χ1) is 24.7. The molecule has 1 heterocycles. The quantitative estimate of drug-likeness (QED) is 0.143. The van der Waals surface area contributed by atoms with Crippen LogP contribution in [-0.4, -0.2) is 65.6 Å². The molecule has 0 saturated carbocycles. The minimum absolute atomic E-state index is 0.144. The van der Waals surface area contributed by atoms with Crippen LogP contribution in [0.2, 0.25) is 0 Å². The van der Waals surface area contributed by atoms with Gasteiger partial charge in [0.1, 0.15) is 6.10 Å². The summed E-state index contributed by atoms with van der Waals surface area (Å²) in [5, 5.41) is 12.9. The van der Waals surface area contributed by atoms with Crippen LogP contribution in [0.4, 0.5) is 18.9 Å². The summed E-state index contributed by atoms with van der Waals surface area (Å²) in [5.41, 5.74) is 5.07. The summed E-state index contributed by atoms with van der Waals surface area (Å²) in [6, 6.07) is 24.0. The van der Waals surface area contributed by atoms with Crippen molar-refractivity contribution in [1.82, 2.24) is 9.80 Å². The Bertz CT molecular complexity index is 1850. The topological polar surface area (TPSA) is 82.1 Å². The van der Waals surface area contributed by atoms with Crippen molar-refractivity contribution in [2.75, 3.05) is 32.1 Å². The minimum atomic E-state index is -4.47. The van der Waals surface area contributed by atoms with E-state index in [1.807, 2.05) is 25.7 Å². The number of alkyl halides is 3. The van der Waals surface area contributed by atoms with E-state index in [0.29, 0.717) is 25.2 Å². The van der Waals surface area contributed by atoms with Gasteiger partial charge in [0.05, 0.1) is 35.9 Å². The number of carbonyl (C=O) groups is 2. The molecule has 2 amide bonds. The van der Waals surface area contributed by atoms with Crippen molar-refractivity contribution in [3.63, 3.8) is 0 Å². The fraction of sp³-hybridized carbons (Fsp3) is 0.366. The van der Waals surface area contributed by atoms with E-state index in [2.05, 4.69) is 66.5 Å². The first-order valence-corrected chi connectivity index (χ1v) is 18.3. The molecule has 0 unspecified atom stereocenters. The number of anilines is 1. The Balaban J connectivity index is 1.30. The van der Waals surface area contributed by atoms with Gasteiger partial charge in [0, 0.05) is 36.2 Å². The minimum Gasteiger partial charge on any atom is -0.486 e. The average Bonchev–Trinajstić information content (AvgIpc) is 3.09. The van der Waals surface area contributed by atoms with Gasteiger partial charge < -0.3 is 20.1 Å². The number of rotatable bonds is 12. The number of amides is 2. The highest BCUT2D eigenvalue weighted by Gasteiger charge is 2.35. The fourth-order valence-electron chi connectivity index (χ4n) is 6.30. The zero-order chi connectivity index (χ0) is 37.6. The second-order valence-corrected chi connectivity index (χ2v) is 14.8. The number of hydrogen-bond donors (Lipinski definition) is 2. The first-order valence-electron chi connectivity index (χ1n) is 17.4. The lowest BCUT2D eigenvalue weighted by Crippen LogP contribution is -2.49. The lowest BCUT2D eigenvalue weighted by atomic mass is 9.98. The summed E-state index contributed by atoms with van der Waals surface area (Å²) in [6.45, 7) is 9.33. The molecule has 276 valence electrons. The van der Waals surface area contributed by atoms with Gasteiger partial charge in [-0.05, 0) is 80.4 Å². The molecular weight excluding hydrogens is 688 g/mol. The van der Waals surface area contributed by atoms with Gasteiger partial charge in [-0.25, -0.2) is 0 Å². The van der Waals surface area contributed by atoms with Crippen LogP contribution in [0.1, 0.15) is 57.6 Å². The number of thioether (sulfide) groups is 1. The van der Waals surface area contributed by atoms with Crippen LogP contribution < -0.4 is 10.1 Å². The lowest BCUT2D eigenvalue weighted by Gasteiger charge is -2.38. The predicted octanol–water partition coefficient (Wildman–Crippen LogP) is 8.15. The molecule has 52 heavy (non-hydrogen) atoms. The molecule has 11 heteroatoms. The molecule has 0 aromatic heterocycles. The fourth-order valence-corrected chi connectivity index (χ4v) is 7.26. The molecule has 3 atom stereocenters. The van der Waals surface area contributed by atoms with Gasteiger partial charge >= 0.3 is 6.18 Å². The van der Waals surface area contributed by atoms with Crippen molar-refractivity contribution in [3.05, 3.63) is 124 Å². The molecule has 0 saturated heterocycles. The van der Waals surface area contributed by atoms with Gasteiger partial charge in [-0.3, -0.25) is 14.5 Å². The van der Waals surface area contributed by atoms with Crippen molar-refractivity contribution < 1.29 is 32.6 Å². The van der Waals surface area contributed by atoms with E-state index in [1.165, 1.54) is 33.7 Å². The zero-order valence-corrected chi connectivity index (χ0v) is 31.0. The molecular formula is C41H46F3N3O4S. The Morgan fingerprint density at radius 2 is 1.69 bits per heavy atom. The highest BCUT2D eigenvalue weighted by Crippen LogP contribution is 2.36. The summed E-state index contributed by atoms with van der Waals surface area (Å²) >= 11 is 1.83. The third kappa shape index (κ3) is 9.96. The largest absolute Gasteiger partial charge is 0.486 e. The van der Waals surface area contributed by atoms with Gasteiger partial charge in [-0.15, -0.1) is 11.8 Å². The standard InChI is InChI=1S/C41H46F3N3O4S/c1-26-9-18-37(27(2)19-26)52-25-32-12-10-31(11-13-32)22-46(5)23-36-28(3)21-47(29(4)24-48)40(50)34-7-6-8-35(39(34)51-36)45-38(49)20-30-14-16-33(17-15-30)41(42,43)44/h6-19,28-29,36,48H,20-25H2,1-5H3,(H,45,49)/t28-,29+,36-/m1/s1. The number of nitrogens with one attached hydrogen (secondary N) is 1. The molecule has 0 radical (unpaired) electrons. The Labute approximate surface area is 308 Å². The third-order valence-corrected chi connectivity index (χ3v) is 10.5. The Morgan fingerprint density at radius 3 is 2.35 bits per heavy atom. The van der Waals surface area contributed by atoms with Crippen LogP contribution in [0.15, 0.2) is 89.8 Å². The van der Waals surface area contributed by atoms with E-state index in [1.54, 1.807) is 30.0 Å². The molecule has 4 aromatic carbocycles. The summed E-state index contributed by atoms with van der Waals surface area (Å²) in [4.78, 5) is 32.1. The number of hydrogen-bond acceptors (Lipinski definition) is 6. The molecule has 0 spiro atoms. The van der Waals surface area contributed by atoms with E-state index in [4.69, 9.17) is 4.74 Å². The second-order valence-electron chi connectivity index (χ2n) is 13.8. The van der Waals surface area contributed by atoms with E-state index >= 15 is 0 Å². The molecule has 1 aliphatic rings. The smallest absolute Gasteiger partial charge is 0.416 e. The summed E-state index contributed by atoms with van der Waals surface area (Å²) in [7, 11) is 2.01. The zero-order valence-electron chi connectivity index (χ0n) is 30.2. The van der Waals surface area contributed by atoms with E-state index in [0.717, 1.165) is 23.4 Å². The molecule has 0 aliphatic carbocycles. The number of aliphatic hydroxyl groups is 1. The maximum Gasteiger partial charge on any atom is 0.416 e. The maximum atomic E-state index is 13.9. The summed E-state index contributed by atoms with van der Waals surface area (Å²) in [5.74, 6) is 0.153. The predicted molar refractivity (Wildman–Crippen MR) is 200 cm³/mol. The monoisotopic (exact) mass is 733 g/mol. The van der Waals surface area contributed by atoms with Crippen LogP contribution >= 0.6 is 11.8 Å². The number of likely N-dealkylation sites (N-methyl/N-ethyl adjacent to an activating group) is 1. The summed E-state index contributed by atoms with van der Waals surface area (Å²) < 4.78 is 45.8. The molecule has 4 aromatic rings. The molecule has 0 bridgehead atoms. The Kier molecular flexibility index (Phi) is 12.7. The number of carbonyl (C=O) groups excluding carboxylic acids is 2. The number of benzene rings is 4. The van der Waals surface area contributed by atoms with Crippen LogP contribution in [0.3, 0.4) is 0 Å². The second kappa shape index (κ2) is 17.0. The van der Waals surface area contributed by atoms with Gasteiger partial charge in [-0.1, -0.05) is 67.1 Å². The van der Waals surface area contributed by atoms with Crippen molar-refractivity contribution >= 4 is 29.3 Å². The average molecular weight is 734 g/mol. The van der Waals surface area contributed by atoms with Crippen LogP contribution in [-0.2, 0) is 29.7 Å². The number of ether oxygens (including phenoxy) is 1. The number of aliphatic hydroxyl groups excluding tert-OH is 1. The van der Waals surface area contributed by atoms with Crippen molar-refractivity contribution in [2.45, 2.75) is 69.6 Å². The van der Waals surface area contributed by atoms with Crippen molar-refractivity contribution in [1.29, 1.82) is 0 Å². The van der Waals surface area contributed by atoms with Gasteiger partial charge in [0.15, 0.2) is 5.75 Å². The highest BCUT2D eigenvalue weighted by atomic mass is 32.2. The molecule has 1 aliphatic heterocycles. The third-order valence-electron chi connectivity index (χ3n) is 9.30. The van der Waals surface area contributed by atoms with E-state index < -0.39 is 29.8 Å². The van der Waals surface area contributed by atoms with E-state index in [9.17, 15) is 27.9 Å². The molecule has 2 N–H and O–H groups in total. The Hall–Kier alpha value is -4.32. The maximum absolute atomic E-state index is 13.9. The van der Waals surface area contributed by atoms with Gasteiger partial charge in [-0.2, -0.15) is 13.2 Å². The number of halogens is 3. The first kappa shape index (κ1) is 38.9. The van der Waals surface area contributed by atoms with Gasteiger partial charge in [0.25, 0.3) is 5.91 Å².